The van der Waals surface area contributed by atoms with E-state index in [1.807, 2.05) is 0 Å². The van der Waals surface area contributed by atoms with Crippen LogP contribution in [0.2, 0.25) is 0 Å². The maximum Gasteiger partial charge on any atom is 0.186 e. The molecule has 608 valence electrons. The van der Waals surface area contributed by atoms with Crippen LogP contribution in [0.5, 0.6) is 0 Å². The third-order valence-electron chi connectivity index (χ3n) is 24.2. The van der Waals surface area contributed by atoms with Crippen LogP contribution in [0, 0.1) is 11.8 Å². The predicted molar refractivity (Wildman–Crippen MR) is 460 cm³/mol. The van der Waals surface area contributed by atoms with Crippen LogP contribution in [0.15, 0.2) is 0 Å². The van der Waals surface area contributed by atoms with Crippen LogP contribution < -0.4 is 0 Å². The molecule has 0 aromatic heterocycles. The Morgan fingerprint density at radius 1 is 0.158 bits per heavy atom. The van der Waals surface area contributed by atoms with Crippen LogP contribution in [0.3, 0.4) is 0 Å². The highest BCUT2D eigenvalue weighted by atomic mass is 16.6. The number of hydrogen-bond donors (Lipinski definition) is 0. The molecule has 2 unspecified atom stereocenters. The second-order valence-corrected chi connectivity index (χ2v) is 33.7. The minimum atomic E-state index is -0.512. The lowest BCUT2D eigenvalue weighted by atomic mass is 9.86. The SMILES string of the molecule is CCCCCCCCCCN(CCCCCCCCCC)C(OC(C(CC)CCCC)(N(CCCCCCCCCC)CCCCCCCCCC)N(CCCCCCCCCC)CCCCCCCCCC)(C(CC)CCCC)N(CCCCCCCCCC)CCCCCCCCCC. The summed E-state index contributed by atoms with van der Waals surface area (Å²) in [7, 11) is 0. The van der Waals surface area contributed by atoms with Crippen molar-refractivity contribution in [3.63, 3.8) is 0 Å². The van der Waals surface area contributed by atoms with E-state index in [1.54, 1.807) is 0 Å². The fourth-order valence-electron chi connectivity index (χ4n) is 17.5. The molecule has 0 aliphatic heterocycles. The van der Waals surface area contributed by atoms with Gasteiger partial charge >= 0.3 is 0 Å². The summed E-state index contributed by atoms with van der Waals surface area (Å²) in [5.74, 6) is -0.167. The summed E-state index contributed by atoms with van der Waals surface area (Å²) in [5, 5.41) is 0. The molecule has 0 aromatic rings. The minimum absolute atomic E-state index is 0.429. The van der Waals surface area contributed by atoms with Crippen molar-refractivity contribution in [2.75, 3.05) is 52.4 Å². The zero-order chi connectivity index (χ0) is 73.7. The standard InChI is InChI=1S/C96H198N4O/c1-13-25-35-43-51-59-67-75-85-97(86-76-68-60-52-44-36-26-14-2)95(93(23-11)83-33-21-9,98(87-77-69-61-53-45-37-27-15-3)88-78-70-62-54-46-38-28-16-4)101-96(94(24-12)84-34-22-10,99(89-79-71-63-55-47-39-29-17-5)90-80-72-64-56-48-40-30-18-6)100(91-81-73-65-57-49-41-31-19-7)92-82-74-66-58-50-42-32-20-8/h93-94H,13-92H2,1-12H3. The van der Waals surface area contributed by atoms with Crippen molar-refractivity contribution < 1.29 is 4.74 Å². The molecular formula is C96H198N4O. The lowest BCUT2D eigenvalue weighted by Crippen LogP contribution is -2.76. The van der Waals surface area contributed by atoms with E-state index in [9.17, 15) is 4.74 Å². The highest BCUT2D eigenvalue weighted by Gasteiger charge is 2.59. The van der Waals surface area contributed by atoms with Gasteiger partial charge in [-0.25, -0.2) is 0 Å². The molecule has 0 heterocycles. The van der Waals surface area contributed by atoms with Crippen LogP contribution in [0.4, 0.5) is 0 Å². The molecule has 0 saturated heterocycles. The Hall–Kier alpha value is -0.200. The molecule has 5 heteroatoms. The van der Waals surface area contributed by atoms with Gasteiger partial charge in [-0.2, -0.15) is 0 Å². The smallest absolute Gasteiger partial charge is 0.186 e. The zero-order valence-corrected chi connectivity index (χ0v) is 72.9. The molecule has 0 fully saturated rings. The summed E-state index contributed by atoms with van der Waals surface area (Å²) in [4.78, 5) is 13.2. The van der Waals surface area contributed by atoms with Gasteiger partial charge in [0, 0.05) is 64.2 Å². The first-order valence-corrected chi connectivity index (χ1v) is 48.5. The largest absolute Gasteiger partial charge is 0.311 e. The molecule has 5 nitrogen and oxygen atoms in total. The molecule has 2 atom stereocenters. The van der Waals surface area contributed by atoms with Crippen LogP contribution in [0.1, 0.15) is 545 Å². The van der Waals surface area contributed by atoms with Gasteiger partial charge in [0.15, 0.2) is 11.7 Å². The summed E-state index contributed by atoms with van der Waals surface area (Å²) >= 11 is 0. The molecule has 0 aliphatic rings. The first kappa shape index (κ1) is 101. The van der Waals surface area contributed by atoms with Crippen LogP contribution in [-0.4, -0.2) is 83.7 Å². The van der Waals surface area contributed by atoms with Gasteiger partial charge in [-0.3, -0.25) is 19.6 Å². The van der Waals surface area contributed by atoms with Crippen molar-refractivity contribution in [1.29, 1.82) is 0 Å². The maximum atomic E-state index is 10.1. The Balaban J connectivity index is 9.79. The monoisotopic (exact) mass is 1420 g/mol. The van der Waals surface area contributed by atoms with E-state index >= 15 is 0 Å². The lowest BCUT2D eigenvalue weighted by Gasteiger charge is -2.63. The Kier molecular flexibility index (Phi) is 79.2. The van der Waals surface area contributed by atoms with Gasteiger partial charge in [-0.05, 0) is 77.0 Å². The lowest BCUT2D eigenvalue weighted by molar-refractivity contribution is -0.407. The van der Waals surface area contributed by atoms with Gasteiger partial charge in [0.05, 0.1) is 0 Å². The first-order valence-electron chi connectivity index (χ1n) is 48.5. The molecule has 0 N–H and O–H groups in total. The fraction of sp³-hybridized carbons (Fsp3) is 1.00. The third kappa shape index (κ3) is 53.3. The summed E-state index contributed by atoms with van der Waals surface area (Å²) < 4.78 is 10.1. The average Bonchev–Trinajstić information content (AvgIpc) is 0.729. The van der Waals surface area contributed by atoms with E-state index in [2.05, 4.69) is 103 Å². The molecule has 0 spiro atoms. The second kappa shape index (κ2) is 79.4. The summed E-state index contributed by atoms with van der Waals surface area (Å²) in [6, 6.07) is 0. The van der Waals surface area contributed by atoms with E-state index in [0.29, 0.717) is 11.8 Å². The second-order valence-electron chi connectivity index (χ2n) is 33.7. The number of unbranched alkanes of at least 4 members (excludes halogenated alkanes) is 58. The topological polar surface area (TPSA) is 22.2 Å². The van der Waals surface area contributed by atoms with E-state index in [0.717, 1.165) is 0 Å². The van der Waals surface area contributed by atoms with E-state index in [1.165, 1.54) is 515 Å². The highest BCUT2D eigenvalue weighted by Crippen LogP contribution is 2.48. The maximum absolute atomic E-state index is 10.1. The molecular weight excluding hydrogens is 1230 g/mol. The molecule has 0 saturated carbocycles. The molecule has 0 amide bonds. The van der Waals surface area contributed by atoms with E-state index in [-0.39, 0.29) is 0 Å². The quantitative estimate of drug-likeness (QED) is 0.0446. The molecule has 0 bridgehead atoms. The number of nitrogens with zero attached hydrogens (tertiary/aromatic N) is 4. The Morgan fingerprint density at radius 2 is 0.277 bits per heavy atom. The molecule has 0 aromatic carbocycles. The first-order chi connectivity index (χ1) is 49.8. The van der Waals surface area contributed by atoms with Crippen LogP contribution in [-0.2, 0) is 4.74 Å². The summed E-state index contributed by atoms with van der Waals surface area (Å²) in [6.07, 6.45) is 98.5. The molecule has 0 radical (unpaired) electrons. The van der Waals surface area contributed by atoms with Crippen molar-refractivity contribution >= 4 is 0 Å². The van der Waals surface area contributed by atoms with Crippen molar-refractivity contribution in [3.05, 3.63) is 0 Å². The Labute approximate surface area is 642 Å². The number of hydrogen-bond acceptors (Lipinski definition) is 5. The summed E-state index contributed by atoms with van der Waals surface area (Å²) in [6.45, 7) is 39.1. The van der Waals surface area contributed by atoms with Crippen LogP contribution in [0.25, 0.3) is 0 Å². The van der Waals surface area contributed by atoms with Crippen LogP contribution >= 0.6 is 0 Å². The molecule has 0 aliphatic carbocycles. The number of ether oxygens (including phenoxy) is 1. The highest BCUT2D eigenvalue weighted by molar-refractivity contribution is 4.98. The molecule has 0 rings (SSSR count). The van der Waals surface area contributed by atoms with Gasteiger partial charge in [-0.1, -0.05) is 468 Å². The average molecular weight is 1420 g/mol. The van der Waals surface area contributed by atoms with Crippen molar-refractivity contribution in [1.82, 2.24) is 19.6 Å². The normalized spacial score (nSPS) is 13.1. The Bertz CT molecular complexity index is 1260. The van der Waals surface area contributed by atoms with E-state index in [4.69, 9.17) is 0 Å². The fourth-order valence-corrected chi connectivity index (χ4v) is 17.5. The van der Waals surface area contributed by atoms with E-state index < -0.39 is 11.7 Å². The van der Waals surface area contributed by atoms with Gasteiger partial charge in [0.1, 0.15) is 0 Å². The van der Waals surface area contributed by atoms with Gasteiger partial charge in [0.25, 0.3) is 0 Å². The third-order valence-corrected chi connectivity index (χ3v) is 24.2. The number of rotatable bonds is 88. The van der Waals surface area contributed by atoms with Crippen molar-refractivity contribution in [2.45, 2.75) is 557 Å². The predicted octanol–water partition coefficient (Wildman–Crippen LogP) is 33.1. The van der Waals surface area contributed by atoms with Gasteiger partial charge in [-0.15, -0.1) is 0 Å². The minimum Gasteiger partial charge on any atom is -0.311 e. The Morgan fingerprint density at radius 3 is 0.396 bits per heavy atom. The zero-order valence-electron chi connectivity index (χ0n) is 72.9. The van der Waals surface area contributed by atoms with Gasteiger partial charge in [0.2, 0.25) is 0 Å². The van der Waals surface area contributed by atoms with Crippen molar-refractivity contribution in [3.8, 4) is 0 Å². The summed E-state index contributed by atoms with van der Waals surface area (Å²) in [5.41, 5.74) is 0. The van der Waals surface area contributed by atoms with Crippen molar-refractivity contribution in [2.24, 2.45) is 11.8 Å². The van der Waals surface area contributed by atoms with Gasteiger partial charge < -0.3 is 4.74 Å². The molecule has 101 heavy (non-hydrogen) atoms.